The van der Waals surface area contributed by atoms with Gasteiger partial charge in [-0.05, 0) is 24.5 Å². The SMILES string of the molecule is CSc1nc(-c2cc(C(F)(F)F)ccc2C(F)(F)F)c(C#N)c(=O)[nH]1. The van der Waals surface area contributed by atoms with Crippen LogP contribution in [0.4, 0.5) is 26.3 Å². The fourth-order valence-electron chi connectivity index (χ4n) is 2.01. The number of hydrogen-bond donors (Lipinski definition) is 1. The van der Waals surface area contributed by atoms with Gasteiger partial charge in [-0.1, -0.05) is 11.8 Å². The van der Waals surface area contributed by atoms with Gasteiger partial charge in [-0.2, -0.15) is 31.6 Å². The number of hydrogen-bond acceptors (Lipinski definition) is 4. The van der Waals surface area contributed by atoms with E-state index < -0.39 is 45.9 Å². The monoisotopic (exact) mass is 379 g/mol. The molecule has 2 aromatic rings. The fraction of sp³-hybridized carbons (Fsp3) is 0.214. The molecule has 0 spiro atoms. The standard InChI is InChI=1S/C14H7F6N3OS/c1-25-12-22-10(8(5-21)11(24)23-12)7-4-6(13(15,16)17)2-3-9(7)14(18,19)20/h2-4H,1H3,(H,22,23,24). The van der Waals surface area contributed by atoms with Gasteiger partial charge in [0.15, 0.2) is 5.16 Å². The molecule has 2 rings (SSSR count). The number of rotatable bonds is 2. The predicted octanol–water partition coefficient (Wildman–Crippen LogP) is 4.07. The summed E-state index contributed by atoms with van der Waals surface area (Å²) in [5.74, 6) is 0. The lowest BCUT2D eigenvalue weighted by Crippen LogP contribution is -2.17. The van der Waals surface area contributed by atoms with Crippen molar-refractivity contribution in [3.8, 4) is 17.3 Å². The third-order valence-corrected chi connectivity index (χ3v) is 3.69. The Morgan fingerprint density at radius 1 is 1.16 bits per heavy atom. The molecule has 1 heterocycles. The normalized spacial score (nSPS) is 12.1. The van der Waals surface area contributed by atoms with Crippen LogP contribution in [0.15, 0.2) is 28.2 Å². The molecule has 1 aromatic heterocycles. The minimum atomic E-state index is -5.00. The van der Waals surface area contributed by atoms with Crippen molar-refractivity contribution in [3.63, 3.8) is 0 Å². The lowest BCUT2D eigenvalue weighted by Gasteiger charge is -2.16. The Morgan fingerprint density at radius 3 is 2.28 bits per heavy atom. The van der Waals surface area contributed by atoms with Gasteiger partial charge in [0.25, 0.3) is 5.56 Å². The first-order chi connectivity index (χ1) is 11.5. The van der Waals surface area contributed by atoms with E-state index in [0.29, 0.717) is 0 Å². The maximum atomic E-state index is 13.2. The van der Waals surface area contributed by atoms with Crippen molar-refractivity contribution in [2.45, 2.75) is 17.5 Å². The van der Waals surface area contributed by atoms with Crippen LogP contribution in [0.1, 0.15) is 16.7 Å². The highest BCUT2D eigenvalue weighted by molar-refractivity contribution is 7.98. The molecule has 11 heteroatoms. The highest BCUT2D eigenvalue weighted by Gasteiger charge is 2.38. The van der Waals surface area contributed by atoms with Gasteiger partial charge >= 0.3 is 12.4 Å². The number of aromatic amines is 1. The van der Waals surface area contributed by atoms with E-state index in [4.69, 9.17) is 5.26 Å². The Hall–Kier alpha value is -2.48. The zero-order valence-corrected chi connectivity index (χ0v) is 13.0. The number of alkyl halides is 6. The second-order valence-electron chi connectivity index (χ2n) is 4.67. The topological polar surface area (TPSA) is 69.5 Å². The number of H-pyrrole nitrogens is 1. The minimum absolute atomic E-state index is 0.135. The van der Waals surface area contributed by atoms with E-state index in [1.807, 2.05) is 0 Å². The summed E-state index contributed by atoms with van der Waals surface area (Å²) in [6, 6.07) is 2.15. The lowest BCUT2D eigenvalue weighted by molar-refractivity contribution is -0.141. The van der Waals surface area contributed by atoms with Crippen molar-refractivity contribution < 1.29 is 26.3 Å². The first-order valence-corrected chi connectivity index (χ1v) is 7.58. The number of thioether (sulfide) groups is 1. The van der Waals surface area contributed by atoms with Crippen molar-refractivity contribution in [3.05, 3.63) is 45.2 Å². The summed E-state index contributed by atoms with van der Waals surface area (Å²) >= 11 is 0.855. The van der Waals surface area contributed by atoms with Crippen LogP contribution < -0.4 is 5.56 Å². The number of aromatic nitrogens is 2. The second kappa shape index (κ2) is 6.44. The largest absolute Gasteiger partial charge is 0.417 e. The van der Waals surface area contributed by atoms with E-state index >= 15 is 0 Å². The minimum Gasteiger partial charge on any atom is -0.300 e. The molecule has 132 valence electrons. The molecule has 0 saturated carbocycles. The molecule has 4 nitrogen and oxygen atoms in total. The predicted molar refractivity (Wildman–Crippen MR) is 76.8 cm³/mol. The maximum absolute atomic E-state index is 13.2. The Labute approximate surface area is 140 Å². The summed E-state index contributed by atoms with van der Waals surface area (Å²) in [5, 5.41) is 8.89. The molecule has 0 bridgehead atoms. The lowest BCUT2D eigenvalue weighted by atomic mass is 9.98. The van der Waals surface area contributed by atoms with Crippen LogP contribution in [0.25, 0.3) is 11.3 Å². The molecular weight excluding hydrogens is 372 g/mol. The molecule has 0 aliphatic carbocycles. The molecule has 25 heavy (non-hydrogen) atoms. The molecule has 0 amide bonds. The van der Waals surface area contributed by atoms with Crippen LogP contribution in [-0.2, 0) is 12.4 Å². The van der Waals surface area contributed by atoms with Crippen molar-refractivity contribution in [2.75, 3.05) is 6.26 Å². The van der Waals surface area contributed by atoms with E-state index in [2.05, 4.69) is 9.97 Å². The van der Waals surface area contributed by atoms with E-state index in [1.54, 1.807) is 0 Å². The number of nitrogens with zero attached hydrogens (tertiary/aromatic N) is 2. The Kier molecular flexibility index (Phi) is 4.85. The summed E-state index contributed by atoms with van der Waals surface area (Å²) in [4.78, 5) is 17.7. The van der Waals surface area contributed by atoms with Crippen LogP contribution in [0.3, 0.4) is 0 Å². The zero-order valence-electron chi connectivity index (χ0n) is 12.2. The molecule has 0 saturated heterocycles. The van der Waals surface area contributed by atoms with Gasteiger partial charge in [0, 0.05) is 5.56 Å². The first-order valence-electron chi connectivity index (χ1n) is 6.36. The summed E-state index contributed by atoms with van der Waals surface area (Å²) in [6.45, 7) is 0. The molecule has 1 aromatic carbocycles. The number of halogens is 6. The Balaban J connectivity index is 2.92. The Bertz CT molecular complexity index is 911. The highest BCUT2D eigenvalue weighted by atomic mass is 32.2. The average molecular weight is 379 g/mol. The molecule has 1 N–H and O–H groups in total. The van der Waals surface area contributed by atoms with Crippen molar-refractivity contribution in [2.24, 2.45) is 0 Å². The average Bonchev–Trinajstić information content (AvgIpc) is 2.51. The number of benzene rings is 1. The van der Waals surface area contributed by atoms with Gasteiger partial charge in [-0.25, -0.2) is 4.98 Å². The summed E-state index contributed by atoms with van der Waals surface area (Å²) in [7, 11) is 0. The quantitative estimate of drug-likeness (QED) is 0.485. The van der Waals surface area contributed by atoms with Crippen LogP contribution in [0.2, 0.25) is 0 Å². The van der Waals surface area contributed by atoms with Crippen LogP contribution in [0, 0.1) is 11.3 Å². The fourth-order valence-corrected chi connectivity index (χ4v) is 2.39. The zero-order chi connectivity index (χ0) is 19.0. The van der Waals surface area contributed by atoms with Gasteiger partial charge in [-0.15, -0.1) is 0 Å². The van der Waals surface area contributed by atoms with Gasteiger partial charge < -0.3 is 4.98 Å². The second-order valence-corrected chi connectivity index (χ2v) is 5.46. The highest BCUT2D eigenvalue weighted by Crippen LogP contribution is 2.40. The van der Waals surface area contributed by atoms with Gasteiger partial charge in [-0.3, -0.25) is 4.79 Å². The van der Waals surface area contributed by atoms with Crippen molar-refractivity contribution in [1.29, 1.82) is 5.26 Å². The van der Waals surface area contributed by atoms with Crippen LogP contribution in [0.5, 0.6) is 0 Å². The van der Waals surface area contributed by atoms with Crippen molar-refractivity contribution in [1.82, 2.24) is 9.97 Å². The number of nitriles is 1. The summed E-state index contributed by atoms with van der Waals surface area (Å²) in [6.07, 6.45) is -8.46. The van der Waals surface area contributed by atoms with E-state index in [-0.39, 0.29) is 23.4 Å². The number of nitrogens with one attached hydrogen (secondary N) is 1. The summed E-state index contributed by atoms with van der Waals surface area (Å²) in [5.41, 5.74) is -6.37. The molecule has 0 fully saturated rings. The maximum Gasteiger partial charge on any atom is 0.417 e. The van der Waals surface area contributed by atoms with Gasteiger partial charge in [0.05, 0.1) is 16.8 Å². The van der Waals surface area contributed by atoms with Gasteiger partial charge in [0.2, 0.25) is 0 Å². The van der Waals surface area contributed by atoms with Crippen LogP contribution >= 0.6 is 11.8 Å². The molecule has 0 atom stereocenters. The molecule has 0 radical (unpaired) electrons. The summed E-state index contributed by atoms with van der Waals surface area (Å²) < 4.78 is 78.2. The smallest absolute Gasteiger partial charge is 0.300 e. The van der Waals surface area contributed by atoms with Crippen LogP contribution in [-0.4, -0.2) is 16.2 Å². The van der Waals surface area contributed by atoms with E-state index in [9.17, 15) is 31.1 Å². The van der Waals surface area contributed by atoms with E-state index in [1.165, 1.54) is 12.3 Å². The first kappa shape index (κ1) is 18.9. The molecule has 0 aliphatic heterocycles. The third-order valence-electron chi connectivity index (χ3n) is 3.11. The Morgan fingerprint density at radius 2 is 1.80 bits per heavy atom. The molecule has 0 aliphatic rings. The van der Waals surface area contributed by atoms with E-state index in [0.717, 1.165) is 11.8 Å². The molecular formula is C14H7F6N3OS. The van der Waals surface area contributed by atoms with Crippen molar-refractivity contribution >= 4 is 11.8 Å². The third kappa shape index (κ3) is 3.79. The molecule has 0 unspecified atom stereocenters. The van der Waals surface area contributed by atoms with Gasteiger partial charge in [0.1, 0.15) is 11.6 Å².